The minimum atomic E-state index is 0.231. The summed E-state index contributed by atoms with van der Waals surface area (Å²) in [4.78, 5) is 16.8. The quantitative estimate of drug-likeness (QED) is 0.436. The molecule has 5 rings (SSSR count). The van der Waals surface area contributed by atoms with Gasteiger partial charge in [-0.1, -0.05) is 11.6 Å². The summed E-state index contributed by atoms with van der Waals surface area (Å²) in [7, 11) is 0. The number of hydrogen-bond donors (Lipinski definition) is 0. The fourth-order valence-corrected chi connectivity index (χ4v) is 3.43. The van der Waals surface area contributed by atoms with Gasteiger partial charge in [0.05, 0.1) is 35.9 Å². The van der Waals surface area contributed by atoms with Gasteiger partial charge in [-0.25, -0.2) is 15.0 Å². The van der Waals surface area contributed by atoms with Crippen LogP contribution >= 0.6 is 11.6 Å². The number of pyridine rings is 1. The van der Waals surface area contributed by atoms with E-state index >= 15 is 0 Å². The minimum absolute atomic E-state index is 0.231. The van der Waals surface area contributed by atoms with Crippen molar-refractivity contribution in [1.82, 2.24) is 50.2 Å². The molecule has 1 aliphatic rings. The van der Waals surface area contributed by atoms with Crippen LogP contribution in [0.25, 0.3) is 5.82 Å². The lowest BCUT2D eigenvalue weighted by Gasteiger charge is -2.31. The van der Waals surface area contributed by atoms with Crippen LogP contribution in [0, 0.1) is 0 Å². The zero-order valence-electron chi connectivity index (χ0n) is 16.4. The van der Waals surface area contributed by atoms with Gasteiger partial charge in [0.2, 0.25) is 5.95 Å². The first-order valence-corrected chi connectivity index (χ1v) is 10.1. The van der Waals surface area contributed by atoms with E-state index in [2.05, 4.69) is 45.6 Å². The van der Waals surface area contributed by atoms with Crippen LogP contribution in [-0.2, 0) is 6.61 Å². The molecule has 0 radical (unpaired) electrons. The fraction of sp³-hybridized carbons (Fsp3) is 0.333. The Morgan fingerprint density at radius 2 is 1.87 bits per heavy atom. The summed E-state index contributed by atoms with van der Waals surface area (Å²) < 4.78 is 7.25. The van der Waals surface area contributed by atoms with Gasteiger partial charge in [-0.15, -0.1) is 5.10 Å². The number of ether oxygens (including phenoxy) is 1. The number of aromatic nitrogens is 10. The van der Waals surface area contributed by atoms with Crippen LogP contribution in [0.3, 0.4) is 0 Å². The molecule has 31 heavy (non-hydrogen) atoms. The second-order valence-electron chi connectivity index (χ2n) is 6.97. The van der Waals surface area contributed by atoms with Crippen LogP contribution < -0.4 is 9.64 Å². The van der Waals surface area contributed by atoms with Crippen molar-refractivity contribution >= 4 is 17.5 Å². The molecular formula is C18H18ClN11O. The molecule has 1 aliphatic heterocycles. The van der Waals surface area contributed by atoms with Crippen molar-refractivity contribution in [2.45, 2.75) is 25.5 Å². The summed E-state index contributed by atoms with van der Waals surface area (Å²) in [5.41, 5.74) is 0.757. The van der Waals surface area contributed by atoms with Crippen LogP contribution in [0.4, 0.5) is 5.95 Å². The molecule has 1 saturated heterocycles. The molecule has 158 valence electrons. The van der Waals surface area contributed by atoms with E-state index in [9.17, 15) is 0 Å². The molecule has 0 unspecified atom stereocenters. The Bertz CT molecular complexity index is 1110. The third kappa shape index (κ3) is 4.43. The number of rotatable bonds is 6. The highest BCUT2D eigenvalue weighted by Crippen LogP contribution is 2.24. The Labute approximate surface area is 181 Å². The highest BCUT2D eigenvalue weighted by Gasteiger charge is 2.23. The monoisotopic (exact) mass is 439 g/mol. The summed E-state index contributed by atoms with van der Waals surface area (Å²) >= 11 is 5.86. The Morgan fingerprint density at radius 1 is 1.03 bits per heavy atom. The van der Waals surface area contributed by atoms with Crippen LogP contribution in [0.5, 0.6) is 5.75 Å². The molecule has 4 aromatic rings. The smallest absolute Gasteiger partial charge is 0.225 e. The van der Waals surface area contributed by atoms with Crippen molar-refractivity contribution in [2.75, 3.05) is 18.0 Å². The largest absolute Gasteiger partial charge is 0.486 e. The third-order valence-electron chi connectivity index (χ3n) is 4.93. The van der Waals surface area contributed by atoms with Gasteiger partial charge in [0, 0.05) is 13.1 Å². The van der Waals surface area contributed by atoms with Gasteiger partial charge in [-0.2, -0.15) is 19.7 Å². The van der Waals surface area contributed by atoms with Gasteiger partial charge >= 0.3 is 0 Å². The van der Waals surface area contributed by atoms with Crippen molar-refractivity contribution in [1.29, 1.82) is 0 Å². The summed E-state index contributed by atoms with van der Waals surface area (Å²) in [5.74, 6) is 1.94. The van der Waals surface area contributed by atoms with Gasteiger partial charge < -0.3 is 9.64 Å². The van der Waals surface area contributed by atoms with E-state index in [4.69, 9.17) is 16.3 Å². The van der Waals surface area contributed by atoms with Crippen LogP contribution in [0.15, 0.2) is 43.2 Å². The lowest BCUT2D eigenvalue weighted by atomic mass is 10.1. The first-order chi connectivity index (χ1) is 15.2. The average molecular weight is 440 g/mol. The second-order valence-corrected chi connectivity index (χ2v) is 7.41. The molecule has 0 N–H and O–H groups in total. The topological polar surface area (TPSA) is 125 Å². The Hall–Kier alpha value is -3.67. The van der Waals surface area contributed by atoms with E-state index in [0.29, 0.717) is 29.1 Å². The van der Waals surface area contributed by atoms with Crippen molar-refractivity contribution < 1.29 is 4.74 Å². The zero-order valence-corrected chi connectivity index (χ0v) is 17.1. The number of piperidine rings is 1. The van der Waals surface area contributed by atoms with E-state index in [1.165, 1.54) is 11.0 Å². The molecule has 12 nitrogen and oxygen atoms in total. The maximum Gasteiger partial charge on any atom is 0.225 e. The van der Waals surface area contributed by atoms with Crippen molar-refractivity contribution in [3.8, 4) is 11.6 Å². The first kappa shape index (κ1) is 19.3. The van der Waals surface area contributed by atoms with Crippen LogP contribution in [0.1, 0.15) is 24.6 Å². The van der Waals surface area contributed by atoms with Gasteiger partial charge in [0.25, 0.3) is 0 Å². The second kappa shape index (κ2) is 8.60. The number of nitrogens with zero attached hydrogens (tertiary/aromatic N) is 11. The molecule has 0 atom stereocenters. The maximum absolute atomic E-state index is 5.86. The molecule has 4 aromatic heterocycles. The number of halogens is 1. The fourth-order valence-electron chi connectivity index (χ4n) is 3.33. The molecule has 0 saturated carbocycles. The lowest BCUT2D eigenvalue weighted by molar-refractivity contribution is 0.290. The normalized spacial score (nSPS) is 14.7. The van der Waals surface area contributed by atoms with E-state index in [0.717, 1.165) is 31.6 Å². The molecule has 13 heteroatoms. The van der Waals surface area contributed by atoms with Gasteiger partial charge in [0.15, 0.2) is 5.82 Å². The first-order valence-electron chi connectivity index (χ1n) is 9.70. The molecule has 0 spiro atoms. The Morgan fingerprint density at radius 3 is 2.58 bits per heavy atom. The van der Waals surface area contributed by atoms with E-state index < -0.39 is 0 Å². The number of anilines is 1. The summed E-state index contributed by atoms with van der Waals surface area (Å²) in [6.45, 7) is 1.97. The third-order valence-corrected chi connectivity index (χ3v) is 5.12. The van der Waals surface area contributed by atoms with E-state index in [1.807, 2.05) is 6.07 Å². The van der Waals surface area contributed by atoms with E-state index in [-0.39, 0.29) is 6.04 Å². The number of tetrazole rings is 1. The average Bonchev–Trinajstić information content (AvgIpc) is 3.51. The molecule has 0 aromatic carbocycles. The summed E-state index contributed by atoms with van der Waals surface area (Å²) in [6, 6.07) is 3.82. The summed E-state index contributed by atoms with van der Waals surface area (Å²) in [6.07, 6.45) is 9.88. The molecule has 0 aliphatic carbocycles. The standard InChI is InChI=1S/C18H18ClN11O/c19-13-7-21-18(22-8-13)28-5-3-15(4-6-28)30-24-9-14(25-30)11-31-16-1-2-17(20-10-16)29-12-23-26-27-29/h1-2,7-10,12,15H,3-6,11H2. The predicted octanol–water partition coefficient (Wildman–Crippen LogP) is 1.51. The van der Waals surface area contributed by atoms with Gasteiger partial charge in [0.1, 0.15) is 24.4 Å². The highest BCUT2D eigenvalue weighted by molar-refractivity contribution is 6.30. The molecule has 5 heterocycles. The zero-order chi connectivity index (χ0) is 21.0. The summed E-state index contributed by atoms with van der Waals surface area (Å²) in [5, 5.41) is 20.5. The SMILES string of the molecule is Clc1cnc(N2CCC(n3ncc(COc4ccc(-n5cnnn5)nc4)n3)CC2)nc1. The Kier molecular flexibility index (Phi) is 5.35. The van der Waals surface area contributed by atoms with Crippen molar-refractivity contribution in [3.63, 3.8) is 0 Å². The Balaban J connectivity index is 1.14. The predicted molar refractivity (Wildman–Crippen MR) is 109 cm³/mol. The minimum Gasteiger partial charge on any atom is -0.486 e. The maximum atomic E-state index is 5.86. The molecular weight excluding hydrogens is 422 g/mol. The van der Waals surface area contributed by atoms with Crippen LogP contribution in [-0.4, -0.2) is 63.2 Å². The van der Waals surface area contributed by atoms with E-state index in [1.54, 1.807) is 35.7 Å². The highest BCUT2D eigenvalue weighted by atomic mass is 35.5. The van der Waals surface area contributed by atoms with Crippen LogP contribution in [0.2, 0.25) is 5.02 Å². The van der Waals surface area contributed by atoms with Crippen molar-refractivity contribution in [2.24, 2.45) is 0 Å². The van der Waals surface area contributed by atoms with Gasteiger partial charge in [-0.05, 0) is 35.4 Å². The molecule has 0 amide bonds. The van der Waals surface area contributed by atoms with Crippen molar-refractivity contribution in [3.05, 3.63) is 54.0 Å². The molecule has 1 fully saturated rings. The molecule has 0 bridgehead atoms. The number of hydrogen-bond acceptors (Lipinski definition) is 10. The lowest BCUT2D eigenvalue weighted by Crippen LogP contribution is -2.36. The van der Waals surface area contributed by atoms with Gasteiger partial charge in [-0.3, -0.25) is 0 Å².